The first-order valence-corrected chi connectivity index (χ1v) is 12.4. The van der Waals surface area contributed by atoms with E-state index in [0.717, 1.165) is 18.2 Å². The summed E-state index contributed by atoms with van der Waals surface area (Å²) >= 11 is 0. The second kappa shape index (κ2) is 13.0. The Labute approximate surface area is 215 Å². The minimum atomic E-state index is -4.18. The molecule has 13 nitrogen and oxygen atoms in total. The zero-order valence-corrected chi connectivity index (χ0v) is 20.8. The normalized spacial score (nSPS) is 11.3. The summed E-state index contributed by atoms with van der Waals surface area (Å²) in [5, 5.41) is 6.50. The number of methoxy groups -OCH3 is 1. The maximum absolute atomic E-state index is 13.9. The van der Waals surface area contributed by atoms with Gasteiger partial charge < -0.3 is 25.3 Å². The summed E-state index contributed by atoms with van der Waals surface area (Å²) in [5.41, 5.74) is 5.11. The number of amides is 1. The molecule has 0 saturated carbocycles. The van der Waals surface area contributed by atoms with E-state index < -0.39 is 51.6 Å². The van der Waals surface area contributed by atoms with Crippen molar-refractivity contribution in [2.24, 2.45) is 0 Å². The molecule has 38 heavy (non-hydrogen) atoms. The predicted octanol–water partition coefficient (Wildman–Crippen LogP) is 1.06. The number of nitrogens with zero attached hydrogens (tertiary/aromatic N) is 3. The number of carbonyl (C=O) groups excluding carboxylic acids is 2. The molecule has 0 spiro atoms. The second-order valence-electron chi connectivity index (χ2n) is 7.44. The quantitative estimate of drug-likeness (QED) is 0.257. The number of nitrogens with two attached hydrogens (primary N) is 1. The highest BCUT2D eigenvalue weighted by Crippen LogP contribution is 2.20. The lowest BCUT2D eigenvalue weighted by atomic mass is 10.2. The number of hydrogen-bond acceptors (Lipinski definition) is 11. The van der Waals surface area contributed by atoms with Gasteiger partial charge >= 0.3 is 0 Å². The van der Waals surface area contributed by atoms with Crippen LogP contribution in [0.1, 0.15) is 10.4 Å². The molecule has 16 heteroatoms. The van der Waals surface area contributed by atoms with Gasteiger partial charge in [0.15, 0.2) is 0 Å². The number of rotatable bonds is 13. The van der Waals surface area contributed by atoms with Crippen LogP contribution in [0.5, 0.6) is 0 Å². The van der Waals surface area contributed by atoms with Crippen LogP contribution >= 0.6 is 0 Å². The molecule has 1 amide bonds. The molecule has 0 bridgehead atoms. The minimum absolute atomic E-state index is 0.0900. The number of ether oxygens (including phenoxy) is 3. The number of benzene rings is 2. The maximum atomic E-state index is 13.9. The molecule has 3 rings (SSSR count). The van der Waals surface area contributed by atoms with Crippen LogP contribution in [0.25, 0.3) is 0 Å². The molecule has 204 valence electrons. The molecule has 0 unspecified atom stereocenters. The van der Waals surface area contributed by atoms with Crippen LogP contribution in [0.3, 0.4) is 0 Å². The summed E-state index contributed by atoms with van der Waals surface area (Å²) in [4.78, 5) is 28.0. The van der Waals surface area contributed by atoms with Gasteiger partial charge in [0.1, 0.15) is 23.8 Å². The molecule has 4 N–H and O–H groups in total. The Morgan fingerprint density at radius 1 is 1.00 bits per heavy atom. The Bertz CT molecular complexity index is 1360. The van der Waals surface area contributed by atoms with Crippen molar-refractivity contribution in [1.29, 1.82) is 0 Å². The first-order valence-electron chi connectivity index (χ1n) is 10.9. The van der Waals surface area contributed by atoms with E-state index in [4.69, 9.17) is 19.9 Å². The van der Waals surface area contributed by atoms with E-state index in [2.05, 4.69) is 15.4 Å². The average molecular weight is 555 g/mol. The van der Waals surface area contributed by atoms with Crippen molar-refractivity contribution in [1.82, 2.24) is 19.5 Å². The summed E-state index contributed by atoms with van der Waals surface area (Å²) < 4.78 is 70.2. The van der Waals surface area contributed by atoms with Gasteiger partial charge in [-0.2, -0.15) is 9.67 Å². The van der Waals surface area contributed by atoms with Gasteiger partial charge in [-0.3, -0.25) is 9.59 Å². The number of halogens is 2. The van der Waals surface area contributed by atoms with Gasteiger partial charge in [-0.1, -0.05) is 6.07 Å². The van der Waals surface area contributed by atoms with E-state index in [1.807, 2.05) is 4.72 Å². The third kappa shape index (κ3) is 7.51. The Hall–Kier alpha value is -3.99. The summed E-state index contributed by atoms with van der Waals surface area (Å²) in [6, 6.07) is 7.99. The SMILES string of the molecule is COCCOCCOCC(=O)NS(=O)(=O)c1ccc(Nc2nc(N)n(C(=O)c3c(F)cccc3F)n2)cc1. The average Bonchev–Trinajstić information content (AvgIpc) is 3.23. The molecule has 0 saturated heterocycles. The molecule has 1 aromatic heterocycles. The van der Waals surface area contributed by atoms with Gasteiger partial charge in [0.2, 0.25) is 11.9 Å². The van der Waals surface area contributed by atoms with Crippen LogP contribution < -0.4 is 15.8 Å². The van der Waals surface area contributed by atoms with E-state index in [-0.39, 0.29) is 29.7 Å². The second-order valence-corrected chi connectivity index (χ2v) is 9.13. The lowest BCUT2D eigenvalue weighted by molar-refractivity contribution is -0.124. The topological polar surface area (TPSA) is 177 Å². The fourth-order valence-corrected chi connectivity index (χ4v) is 3.92. The van der Waals surface area contributed by atoms with Crippen LogP contribution in [0.4, 0.5) is 26.4 Å². The van der Waals surface area contributed by atoms with Gasteiger partial charge in [-0.25, -0.2) is 21.9 Å². The van der Waals surface area contributed by atoms with Crippen molar-refractivity contribution in [2.75, 3.05) is 51.2 Å². The summed E-state index contributed by atoms with van der Waals surface area (Å²) in [5.74, 6) is -4.86. The largest absolute Gasteiger partial charge is 0.382 e. The summed E-state index contributed by atoms with van der Waals surface area (Å²) in [6.07, 6.45) is 0. The van der Waals surface area contributed by atoms with Crippen LogP contribution in [0.2, 0.25) is 0 Å². The molecule has 2 aromatic carbocycles. The first-order chi connectivity index (χ1) is 18.1. The van der Waals surface area contributed by atoms with Crippen LogP contribution in [-0.2, 0) is 29.0 Å². The molecule has 0 atom stereocenters. The van der Waals surface area contributed by atoms with Crippen LogP contribution in [0.15, 0.2) is 47.4 Å². The van der Waals surface area contributed by atoms with E-state index in [1.54, 1.807) is 0 Å². The molecular formula is C22H24F2N6O7S. The standard InChI is InChI=1S/C22H24F2N6O7S/c1-35-9-10-36-11-12-37-13-18(31)29-38(33,34)15-7-5-14(6-8-15)26-22-27-21(25)30(28-22)20(32)19-16(23)3-2-4-17(19)24/h2-8H,9-13H2,1H3,(H,29,31)(H3,25,26,27,28). The van der Waals surface area contributed by atoms with E-state index in [1.165, 1.54) is 31.4 Å². The Morgan fingerprint density at radius 2 is 1.63 bits per heavy atom. The molecule has 3 aromatic rings. The van der Waals surface area contributed by atoms with Gasteiger partial charge in [0, 0.05) is 12.8 Å². The van der Waals surface area contributed by atoms with Crippen molar-refractivity contribution in [2.45, 2.75) is 4.90 Å². The Balaban J connectivity index is 1.58. The third-order valence-corrected chi connectivity index (χ3v) is 6.10. The molecule has 0 aliphatic carbocycles. The van der Waals surface area contributed by atoms with Gasteiger partial charge in [-0.05, 0) is 36.4 Å². The lowest BCUT2D eigenvalue weighted by Crippen LogP contribution is -2.33. The van der Waals surface area contributed by atoms with Crippen molar-refractivity contribution < 1.29 is 41.0 Å². The van der Waals surface area contributed by atoms with Crippen molar-refractivity contribution in [3.05, 3.63) is 59.7 Å². The number of nitrogen functional groups attached to an aromatic ring is 1. The molecular weight excluding hydrogens is 530 g/mol. The fourth-order valence-electron chi connectivity index (χ4n) is 2.95. The highest BCUT2D eigenvalue weighted by Gasteiger charge is 2.23. The van der Waals surface area contributed by atoms with Crippen LogP contribution in [0, 0.1) is 11.6 Å². The number of sulfonamides is 1. The van der Waals surface area contributed by atoms with E-state index in [0.29, 0.717) is 17.9 Å². The lowest BCUT2D eigenvalue weighted by Gasteiger charge is -2.09. The van der Waals surface area contributed by atoms with Crippen LogP contribution in [-0.4, -0.2) is 75.1 Å². The number of hydrogen-bond donors (Lipinski definition) is 3. The zero-order chi connectivity index (χ0) is 27.7. The Kier molecular flexibility index (Phi) is 9.78. The molecule has 0 aliphatic rings. The molecule has 0 radical (unpaired) electrons. The van der Waals surface area contributed by atoms with Gasteiger partial charge in [-0.15, -0.1) is 5.10 Å². The Morgan fingerprint density at radius 3 is 2.29 bits per heavy atom. The van der Waals surface area contributed by atoms with Gasteiger partial charge in [0.25, 0.3) is 21.8 Å². The number of carbonyl (C=O) groups is 2. The molecule has 0 fully saturated rings. The molecule has 0 aliphatic heterocycles. The highest BCUT2D eigenvalue weighted by molar-refractivity contribution is 7.90. The van der Waals surface area contributed by atoms with Crippen molar-refractivity contribution >= 4 is 39.4 Å². The van der Waals surface area contributed by atoms with E-state index >= 15 is 0 Å². The van der Waals surface area contributed by atoms with Gasteiger partial charge in [0.05, 0.1) is 31.3 Å². The smallest absolute Gasteiger partial charge is 0.287 e. The fraction of sp³-hybridized carbons (Fsp3) is 0.273. The third-order valence-electron chi connectivity index (χ3n) is 4.71. The monoisotopic (exact) mass is 554 g/mol. The van der Waals surface area contributed by atoms with E-state index in [9.17, 15) is 26.8 Å². The first kappa shape index (κ1) is 28.6. The summed E-state index contributed by atoms with van der Waals surface area (Å²) in [7, 11) is -2.65. The van der Waals surface area contributed by atoms with Crippen molar-refractivity contribution in [3.63, 3.8) is 0 Å². The predicted molar refractivity (Wildman–Crippen MR) is 129 cm³/mol. The number of aromatic nitrogens is 3. The number of nitrogens with one attached hydrogen (secondary N) is 2. The maximum Gasteiger partial charge on any atom is 0.287 e. The molecule has 1 heterocycles. The van der Waals surface area contributed by atoms with Crippen molar-refractivity contribution in [3.8, 4) is 0 Å². The minimum Gasteiger partial charge on any atom is -0.382 e. The zero-order valence-electron chi connectivity index (χ0n) is 20.0. The number of anilines is 3. The highest BCUT2D eigenvalue weighted by atomic mass is 32.2. The summed E-state index contributed by atoms with van der Waals surface area (Å²) in [6.45, 7) is 0.592.